The summed E-state index contributed by atoms with van der Waals surface area (Å²) >= 11 is 11.7. The third kappa shape index (κ3) is 3.80. The van der Waals surface area contributed by atoms with E-state index < -0.39 is 18.0 Å². The van der Waals surface area contributed by atoms with Crippen molar-refractivity contribution >= 4 is 40.8 Å². The summed E-state index contributed by atoms with van der Waals surface area (Å²) in [4.78, 5) is 21.9. The molecule has 92 valence electrons. The van der Waals surface area contributed by atoms with Gasteiger partial charge in [-0.15, -0.1) is 0 Å². The Hall–Kier alpha value is -1.46. The molecule has 0 saturated heterocycles. The van der Waals surface area contributed by atoms with Crippen molar-refractivity contribution in [2.75, 3.05) is 5.32 Å². The molecular formula is C10H11Cl2N3O2. The highest BCUT2D eigenvalue weighted by molar-refractivity contribution is 6.43. The lowest BCUT2D eigenvalue weighted by Gasteiger charge is -2.15. The van der Waals surface area contributed by atoms with Crippen molar-refractivity contribution in [3.63, 3.8) is 0 Å². The minimum absolute atomic E-state index is 0.313. The lowest BCUT2D eigenvalue weighted by atomic mass is 10.2. The molecule has 17 heavy (non-hydrogen) atoms. The van der Waals surface area contributed by atoms with Gasteiger partial charge in [-0.05, 0) is 19.1 Å². The summed E-state index contributed by atoms with van der Waals surface area (Å²) < 4.78 is 0. The van der Waals surface area contributed by atoms with Crippen LogP contribution in [0.1, 0.15) is 6.92 Å². The van der Waals surface area contributed by atoms with Crippen molar-refractivity contribution in [1.29, 1.82) is 0 Å². The number of nitrogens with two attached hydrogens (primary N) is 1. The predicted octanol–water partition coefficient (Wildman–Crippen LogP) is 1.99. The molecule has 5 nitrogen and oxygen atoms in total. The Morgan fingerprint density at radius 2 is 2.00 bits per heavy atom. The zero-order chi connectivity index (χ0) is 13.0. The highest BCUT2D eigenvalue weighted by Crippen LogP contribution is 2.29. The highest BCUT2D eigenvalue weighted by atomic mass is 35.5. The number of carbonyl (C=O) groups is 2. The number of hydrogen-bond donors (Lipinski definition) is 3. The van der Waals surface area contributed by atoms with E-state index in [-0.39, 0.29) is 0 Å². The fourth-order valence-electron chi connectivity index (χ4n) is 1.14. The van der Waals surface area contributed by atoms with Gasteiger partial charge < -0.3 is 11.1 Å². The van der Waals surface area contributed by atoms with Crippen LogP contribution >= 0.6 is 23.2 Å². The Morgan fingerprint density at radius 3 is 2.59 bits per heavy atom. The maximum atomic E-state index is 11.4. The largest absolute Gasteiger partial charge is 0.373 e. The van der Waals surface area contributed by atoms with E-state index >= 15 is 0 Å². The van der Waals surface area contributed by atoms with Crippen LogP contribution in [0.3, 0.4) is 0 Å². The molecule has 0 aromatic heterocycles. The van der Waals surface area contributed by atoms with E-state index in [1.54, 1.807) is 25.1 Å². The number of hydrogen-bond acceptors (Lipinski definition) is 3. The van der Waals surface area contributed by atoms with E-state index in [1.807, 2.05) is 5.32 Å². The van der Waals surface area contributed by atoms with Crippen LogP contribution in [0, 0.1) is 0 Å². The summed E-state index contributed by atoms with van der Waals surface area (Å²) in [6, 6.07) is 3.42. The van der Waals surface area contributed by atoms with Gasteiger partial charge in [0.1, 0.15) is 6.04 Å². The number of urea groups is 1. The molecule has 3 amide bonds. The fourth-order valence-corrected chi connectivity index (χ4v) is 1.50. The molecule has 1 rings (SSSR count). The molecule has 0 saturated carbocycles. The maximum Gasteiger partial charge on any atom is 0.318 e. The van der Waals surface area contributed by atoms with Crippen LogP contribution in [-0.4, -0.2) is 18.0 Å². The van der Waals surface area contributed by atoms with Gasteiger partial charge in [0.15, 0.2) is 0 Å². The molecule has 0 heterocycles. The second kappa shape index (κ2) is 5.75. The quantitative estimate of drug-likeness (QED) is 0.789. The van der Waals surface area contributed by atoms with Crippen LogP contribution < -0.4 is 16.4 Å². The number of halogens is 2. The molecule has 0 radical (unpaired) electrons. The third-order valence-electron chi connectivity index (χ3n) is 1.96. The van der Waals surface area contributed by atoms with E-state index in [0.29, 0.717) is 15.7 Å². The Labute approximate surface area is 108 Å². The third-order valence-corrected chi connectivity index (χ3v) is 2.78. The first-order valence-corrected chi connectivity index (χ1v) is 5.48. The van der Waals surface area contributed by atoms with E-state index in [9.17, 15) is 9.59 Å². The first-order valence-electron chi connectivity index (χ1n) is 4.72. The molecule has 1 atom stereocenters. The summed E-state index contributed by atoms with van der Waals surface area (Å²) in [6.07, 6.45) is 0. The summed E-state index contributed by atoms with van der Waals surface area (Å²) in [5, 5.41) is 5.47. The van der Waals surface area contributed by atoms with Gasteiger partial charge in [0.2, 0.25) is 5.91 Å². The summed E-state index contributed by atoms with van der Waals surface area (Å²) in [5.41, 5.74) is 5.34. The van der Waals surface area contributed by atoms with Gasteiger partial charge in [0, 0.05) is 0 Å². The van der Waals surface area contributed by atoms with Crippen molar-refractivity contribution in [3.05, 3.63) is 28.2 Å². The molecule has 1 aromatic rings. The minimum Gasteiger partial charge on any atom is -0.373 e. The first kappa shape index (κ1) is 13.6. The Balaban J connectivity index is 2.74. The first-order chi connectivity index (χ1) is 7.91. The number of benzene rings is 1. The van der Waals surface area contributed by atoms with E-state index in [4.69, 9.17) is 28.9 Å². The summed E-state index contributed by atoms with van der Waals surface area (Å²) in [6.45, 7) is 1.56. The molecule has 4 N–H and O–H groups in total. The minimum atomic E-state index is -0.902. The molecule has 1 unspecified atom stereocenters. The van der Waals surface area contributed by atoms with Crippen molar-refractivity contribution in [3.8, 4) is 0 Å². The zero-order valence-electron chi connectivity index (χ0n) is 8.96. The SMILES string of the molecule is CC(Nc1cccc(Cl)c1Cl)C(=O)NC(N)=O. The fraction of sp³-hybridized carbons (Fsp3) is 0.200. The number of rotatable bonds is 3. The van der Waals surface area contributed by atoms with Gasteiger partial charge in [0.05, 0.1) is 15.7 Å². The number of anilines is 1. The van der Waals surface area contributed by atoms with E-state index in [1.165, 1.54) is 0 Å². The molecule has 0 bridgehead atoms. The van der Waals surface area contributed by atoms with Crippen molar-refractivity contribution in [2.24, 2.45) is 5.73 Å². The number of nitrogens with one attached hydrogen (secondary N) is 2. The standard InChI is InChI=1S/C10H11Cl2N3O2/c1-5(9(16)15-10(13)17)14-7-4-2-3-6(11)8(7)12/h2-5,14H,1H3,(H3,13,15,16,17). The second-order valence-electron chi connectivity index (χ2n) is 3.32. The van der Waals surface area contributed by atoms with Crippen LogP contribution in [0.15, 0.2) is 18.2 Å². The molecule has 7 heteroatoms. The maximum absolute atomic E-state index is 11.4. The summed E-state index contributed by atoms with van der Waals surface area (Å²) in [5.74, 6) is -0.548. The molecule has 0 aliphatic heterocycles. The van der Waals surface area contributed by atoms with Crippen LogP contribution in [-0.2, 0) is 4.79 Å². The van der Waals surface area contributed by atoms with Gasteiger partial charge >= 0.3 is 6.03 Å². The normalized spacial score (nSPS) is 11.7. The van der Waals surface area contributed by atoms with Crippen LogP contribution in [0.2, 0.25) is 10.0 Å². The lowest BCUT2D eigenvalue weighted by molar-refractivity contribution is -0.120. The second-order valence-corrected chi connectivity index (χ2v) is 4.11. The van der Waals surface area contributed by atoms with Crippen LogP contribution in [0.25, 0.3) is 0 Å². The van der Waals surface area contributed by atoms with Crippen molar-refractivity contribution < 1.29 is 9.59 Å². The van der Waals surface area contributed by atoms with Gasteiger partial charge in [0.25, 0.3) is 0 Å². The topological polar surface area (TPSA) is 84.2 Å². The lowest BCUT2D eigenvalue weighted by Crippen LogP contribution is -2.43. The Morgan fingerprint density at radius 1 is 1.35 bits per heavy atom. The number of imide groups is 1. The van der Waals surface area contributed by atoms with E-state index in [0.717, 1.165) is 0 Å². The average molecular weight is 276 g/mol. The monoisotopic (exact) mass is 275 g/mol. The van der Waals surface area contributed by atoms with Crippen LogP contribution in [0.5, 0.6) is 0 Å². The Kier molecular flexibility index (Phi) is 4.60. The number of carbonyl (C=O) groups excluding carboxylic acids is 2. The molecule has 0 aliphatic rings. The molecule has 0 fully saturated rings. The highest BCUT2D eigenvalue weighted by Gasteiger charge is 2.15. The van der Waals surface area contributed by atoms with Crippen molar-refractivity contribution in [1.82, 2.24) is 5.32 Å². The van der Waals surface area contributed by atoms with Crippen molar-refractivity contribution in [2.45, 2.75) is 13.0 Å². The smallest absolute Gasteiger partial charge is 0.318 e. The Bertz CT molecular complexity index is 451. The molecular weight excluding hydrogens is 265 g/mol. The van der Waals surface area contributed by atoms with E-state index in [2.05, 4.69) is 5.32 Å². The average Bonchev–Trinajstić information content (AvgIpc) is 2.23. The number of primary amides is 1. The predicted molar refractivity (Wildman–Crippen MR) is 67.3 cm³/mol. The van der Waals surface area contributed by atoms with Gasteiger partial charge in [-0.25, -0.2) is 4.79 Å². The van der Waals surface area contributed by atoms with Gasteiger partial charge in [-0.2, -0.15) is 0 Å². The molecule has 0 aliphatic carbocycles. The van der Waals surface area contributed by atoms with Gasteiger partial charge in [-0.1, -0.05) is 29.3 Å². The molecule has 0 spiro atoms. The number of amides is 3. The zero-order valence-corrected chi connectivity index (χ0v) is 10.5. The molecule has 1 aromatic carbocycles. The summed E-state index contributed by atoms with van der Waals surface area (Å²) in [7, 11) is 0. The van der Waals surface area contributed by atoms with Crippen LogP contribution in [0.4, 0.5) is 10.5 Å². The van der Waals surface area contributed by atoms with Gasteiger partial charge in [-0.3, -0.25) is 10.1 Å².